The fourth-order valence-electron chi connectivity index (χ4n) is 3.17. The molecule has 1 N–H and O–H groups in total. The summed E-state index contributed by atoms with van der Waals surface area (Å²) in [5.41, 5.74) is 4.39. The van der Waals surface area contributed by atoms with Crippen LogP contribution in [0.25, 0.3) is 0 Å². The molecule has 0 unspecified atom stereocenters. The molecular formula is C25H27NO2. The van der Waals surface area contributed by atoms with E-state index in [1.165, 1.54) is 5.56 Å². The number of benzene rings is 3. The maximum Gasteiger partial charge on any atom is 0.261 e. The molecule has 28 heavy (non-hydrogen) atoms. The van der Waals surface area contributed by atoms with E-state index < -0.39 is 6.10 Å². The van der Waals surface area contributed by atoms with Gasteiger partial charge in [0.05, 0.1) is 6.04 Å². The average molecular weight is 373 g/mol. The minimum Gasteiger partial charge on any atom is -0.481 e. The molecule has 0 aromatic heterocycles. The number of amides is 1. The van der Waals surface area contributed by atoms with Gasteiger partial charge in [0, 0.05) is 0 Å². The molecule has 0 radical (unpaired) electrons. The Kier molecular flexibility index (Phi) is 6.49. The first-order valence-corrected chi connectivity index (χ1v) is 9.72. The van der Waals surface area contributed by atoms with Crippen molar-refractivity contribution in [3.63, 3.8) is 0 Å². The Morgan fingerprint density at radius 1 is 0.857 bits per heavy atom. The molecule has 0 aliphatic heterocycles. The molecule has 0 saturated heterocycles. The zero-order valence-corrected chi connectivity index (χ0v) is 16.7. The number of aryl methyl sites for hydroxylation is 2. The van der Waals surface area contributed by atoms with Crippen molar-refractivity contribution in [2.75, 3.05) is 0 Å². The smallest absolute Gasteiger partial charge is 0.261 e. The van der Waals surface area contributed by atoms with E-state index in [9.17, 15) is 4.79 Å². The topological polar surface area (TPSA) is 38.3 Å². The van der Waals surface area contributed by atoms with E-state index in [-0.39, 0.29) is 11.9 Å². The summed E-state index contributed by atoms with van der Waals surface area (Å²) in [6.07, 6.45) is 0.0494. The first kappa shape index (κ1) is 19.7. The summed E-state index contributed by atoms with van der Waals surface area (Å²) in [6, 6.07) is 25.9. The molecule has 0 fully saturated rings. The van der Waals surface area contributed by atoms with Gasteiger partial charge < -0.3 is 10.1 Å². The van der Waals surface area contributed by atoms with Gasteiger partial charge in [0.2, 0.25) is 0 Å². The lowest BCUT2D eigenvalue weighted by molar-refractivity contribution is -0.128. The Morgan fingerprint density at radius 2 is 1.54 bits per heavy atom. The lowest BCUT2D eigenvalue weighted by Gasteiger charge is -2.24. The fourth-order valence-corrected chi connectivity index (χ4v) is 3.17. The molecule has 3 nitrogen and oxygen atoms in total. The van der Waals surface area contributed by atoms with Crippen LogP contribution in [-0.4, -0.2) is 12.0 Å². The van der Waals surface area contributed by atoms with Crippen LogP contribution in [0.15, 0.2) is 78.9 Å². The van der Waals surface area contributed by atoms with Crippen molar-refractivity contribution >= 4 is 5.91 Å². The van der Waals surface area contributed by atoms with Gasteiger partial charge in [-0.2, -0.15) is 0 Å². The maximum absolute atomic E-state index is 13.1. The van der Waals surface area contributed by atoms with Gasteiger partial charge in [-0.25, -0.2) is 0 Å². The van der Waals surface area contributed by atoms with Crippen LogP contribution < -0.4 is 10.1 Å². The fraction of sp³-hybridized carbons (Fsp3) is 0.240. The summed E-state index contributed by atoms with van der Waals surface area (Å²) >= 11 is 0. The molecule has 3 aromatic carbocycles. The third-order valence-corrected chi connectivity index (χ3v) is 4.76. The van der Waals surface area contributed by atoms with E-state index in [0.29, 0.717) is 12.2 Å². The molecule has 1 amide bonds. The first-order valence-electron chi connectivity index (χ1n) is 9.72. The van der Waals surface area contributed by atoms with E-state index in [4.69, 9.17) is 4.74 Å². The molecule has 3 heteroatoms. The molecule has 0 spiro atoms. The molecule has 0 saturated carbocycles. The Labute approximate surface area is 167 Å². The second-order valence-electron chi connectivity index (χ2n) is 7.09. The van der Waals surface area contributed by atoms with Crippen molar-refractivity contribution in [1.29, 1.82) is 0 Å². The first-order chi connectivity index (χ1) is 13.6. The Bertz CT molecular complexity index is 903. The number of carbonyl (C=O) groups is 1. The van der Waals surface area contributed by atoms with Crippen molar-refractivity contribution < 1.29 is 9.53 Å². The zero-order valence-electron chi connectivity index (χ0n) is 16.7. The largest absolute Gasteiger partial charge is 0.481 e. The second-order valence-corrected chi connectivity index (χ2v) is 7.09. The van der Waals surface area contributed by atoms with Crippen LogP contribution in [-0.2, 0) is 4.79 Å². The molecular weight excluding hydrogens is 346 g/mol. The van der Waals surface area contributed by atoms with Crippen LogP contribution in [0.3, 0.4) is 0 Å². The number of ether oxygens (including phenoxy) is 1. The monoisotopic (exact) mass is 373 g/mol. The standard InChI is InChI=1S/C25H27NO2/c1-4-23(28-22-12-8-9-19(3)17-22)25(27)26-24(20-10-6-5-7-11-20)21-15-13-18(2)14-16-21/h5-17,23-24H,4H2,1-3H3,(H,26,27)/t23-,24-/m0/s1. The minimum atomic E-state index is -0.543. The summed E-state index contributed by atoms with van der Waals surface area (Å²) in [5.74, 6) is 0.604. The normalized spacial score (nSPS) is 12.8. The third kappa shape index (κ3) is 5.01. The van der Waals surface area contributed by atoms with Crippen molar-refractivity contribution in [1.82, 2.24) is 5.32 Å². The van der Waals surface area contributed by atoms with Crippen LogP contribution in [0.1, 0.15) is 41.6 Å². The average Bonchev–Trinajstić information content (AvgIpc) is 2.71. The van der Waals surface area contributed by atoms with Crippen LogP contribution in [0.2, 0.25) is 0 Å². The lowest BCUT2D eigenvalue weighted by atomic mass is 9.97. The Balaban J connectivity index is 1.82. The SMILES string of the molecule is CC[C@H](Oc1cccc(C)c1)C(=O)N[C@@H](c1ccccc1)c1ccc(C)cc1. The highest BCUT2D eigenvalue weighted by Crippen LogP contribution is 2.23. The van der Waals surface area contributed by atoms with Crippen molar-refractivity contribution in [2.24, 2.45) is 0 Å². The van der Waals surface area contributed by atoms with Gasteiger partial charge in [0.15, 0.2) is 6.10 Å². The van der Waals surface area contributed by atoms with Crippen molar-refractivity contribution in [3.8, 4) is 5.75 Å². The molecule has 0 bridgehead atoms. The number of carbonyl (C=O) groups excluding carboxylic acids is 1. The maximum atomic E-state index is 13.1. The summed E-state index contributed by atoms with van der Waals surface area (Å²) in [5, 5.41) is 3.19. The van der Waals surface area contributed by atoms with Gasteiger partial charge in [-0.15, -0.1) is 0 Å². The summed E-state index contributed by atoms with van der Waals surface area (Å²) in [6.45, 7) is 6.03. The minimum absolute atomic E-state index is 0.113. The number of nitrogens with one attached hydrogen (secondary N) is 1. The van der Waals surface area contributed by atoms with Crippen molar-refractivity contribution in [2.45, 2.75) is 39.3 Å². The quantitative estimate of drug-likeness (QED) is 0.605. The number of hydrogen-bond donors (Lipinski definition) is 1. The molecule has 144 valence electrons. The van der Waals surface area contributed by atoms with E-state index in [1.54, 1.807) is 0 Å². The van der Waals surface area contributed by atoms with Gasteiger partial charge in [0.1, 0.15) is 5.75 Å². The second kappa shape index (κ2) is 9.23. The predicted octanol–water partition coefficient (Wildman–Crippen LogP) is 5.37. The van der Waals surface area contributed by atoms with E-state index in [2.05, 4.69) is 36.5 Å². The highest BCUT2D eigenvalue weighted by atomic mass is 16.5. The van der Waals surface area contributed by atoms with Crippen LogP contribution >= 0.6 is 0 Å². The Morgan fingerprint density at radius 3 is 2.18 bits per heavy atom. The summed E-state index contributed by atoms with van der Waals surface area (Å²) in [4.78, 5) is 13.1. The third-order valence-electron chi connectivity index (χ3n) is 4.76. The van der Waals surface area contributed by atoms with Gasteiger partial charge >= 0.3 is 0 Å². The summed E-state index contributed by atoms with van der Waals surface area (Å²) < 4.78 is 5.99. The van der Waals surface area contributed by atoms with Crippen LogP contribution in [0.4, 0.5) is 0 Å². The lowest BCUT2D eigenvalue weighted by Crippen LogP contribution is -2.40. The van der Waals surface area contributed by atoms with E-state index in [0.717, 1.165) is 16.7 Å². The molecule has 0 heterocycles. The Hall–Kier alpha value is -3.07. The molecule has 0 aliphatic carbocycles. The van der Waals surface area contributed by atoms with Crippen LogP contribution in [0, 0.1) is 13.8 Å². The molecule has 3 aromatic rings. The predicted molar refractivity (Wildman–Crippen MR) is 113 cm³/mol. The molecule has 0 aliphatic rings. The number of hydrogen-bond acceptors (Lipinski definition) is 2. The molecule has 2 atom stereocenters. The number of rotatable bonds is 7. The van der Waals surface area contributed by atoms with E-state index >= 15 is 0 Å². The van der Waals surface area contributed by atoms with Gasteiger partial charge in [-0.1, -0.05) is 79.2 Å². The zero-order chi connectivity index (χ0) is 19.9. The van der Waals surface area contributed by atoms with Crippen molar-refractivity contribution in [3.05, 3.63) is 101 Å². The van der Waals surface area contributed by atoms with Crippen LogP contribution in [0.5, 0.6) is 5.75 Å². The van der Waals surface area contributed by atoms with Gasteiger partial charge in [0.25, 0.3) is 5.91 Å². The molecule has 3 rings (SSSR count). The highest BCUT2D eigenvalue weighted by Gasteiger charge is 2.23. The van der Waals surface area contributed by atoms with Gasteiger partial charge in [-0.05, 0) is 49.1 Å². The summed E-state index contributed by atoms with van der Waals surface area (Å²) in [7, 11) is 0. The van der Waals surface area contributed by atoms with Gasteiger partial charge in [-0.3, -0.25) is 4.79 Å². The van der Waals surface area contributed by atoms with E-state index in [1.807, 2.05) is 68.4 Å². The highest BCUT2D eigenvalue weighted by molar-refractivity contribution is 5.82.